The summed E-state index contributed by atoms with van der Waals surface area (Å²) in [5.41, 5.74) is 6.97. The Labute approximate surface area is 126 Å². The first-order valence-electron chi connectivity index (χ1n) is 6.49. The summed E-state index contributed by atoms with van der Waals surface area (Å²) in [6.45, 7) is 2.01. The summed E-state index contributed by atoms with van der Waals surface area (Å²) >= 11 is 1.26. The standard InChI is InChI=1S/C15H16N2O3S/c1-2-20-15(19)11-8-9-21-14(11)17-13(18)12(16)10-6-4-3-5-7-10/h3-9,12H,2,16H2,1H3,(H,17,18). The van der Waals surface area contributed by atoms with Crippen LogP contribution in [0.1, 0.15) is 28.9 Å². The van der Waals surface area contributed by atoms with Crippen LogP contribution in [0.4, 0.5) is 5.00 Å². The van der Waals surface area contributed by atoms with Crippen molar-refractivity contribution in [3.05, 3.63) is 52.9 Å². The number of nitrogens with one attached hydrogen (secondary N) is 1. The maximum Gasteiger partial charge on any atom is 0.341 e. The summed E-state index contributed by atoms with van der Waals surface area (Å²) in [4.78, 5) is 23.9. The van der Waals surface area contributed by atoms with Crippen molar-refractivity contribution in [2.45, 2.75) is 13.0 Å². The Bertz CT molecular complexity index is 625. The van der Waals surface area contributed by atoms with Gasteiger partial charge in [-0.05, 0) is 23.9 Å². The maximum absolute atomic E-state index is 12.2. The van der Waals surface area contributed by atoms with E-state index in [-0.39, 0.29) is 12.5 Å². The maximum atomic E-state index is 12.2. The first-order chi connectivity index (χ1) is 10.1. The third kappa shape index (κ3) is 3.68. The van der Waals surface area contributed by atoms with Crippen LogP contribution in [-0.4, -0.2) is 18.5 Å². The third-order valence-electron chi connectivity index (χ3n) is 2.84. The molecule has 1 aromatic heterocycles. The highest BCUT2D eigenvalue weighted by atomic mass is 32.1. The van der Waals surface area contributed by atoms with E-state index in [2.05, 4.69) is 5.32 Å². The van der Waals surface area contributed by atoms with Gasteiger partial charge < -0.3 is 15.8 Å². The van der Waals surface area contributed by atoms with Crippen LogP contribution >= 0.6 is 11.3 Å². The number of esters is 1. The predicted octanol–water partition coefficient (Wildman–Crippen LogP) is 2.56. The zero-order chi connectivity index (χ0) is 15.2. The van der Waals surface area contributed by atoms with Crippen LogP contribution in [0.25, 0.3) is 0 Å². The van der Waals surface area contributed by atoms with Crippen molar-refractivity contribution >= 4 is 28.2 Å². The highest BCUT2D eigenvalue weighted by Crippen LogP contribution is 2.25. The van der Waals surface area contributed by atoms with Crippen molar-refractivity contribution < 1.29 is 14.3 Å². The lowest BCUT2D eigenvalue weighted by Gasteiger charge is -2.12. The fourth-order valence-electron chi connectivity index (χ4n) is 1.78. The number of benzene rings is 1. The number of ether oxygens (including phenoxy) is 1. The van der Waals surface area contributed by atoms with Crippen molar-refractivity contribution in [2.75, 3.05) is 11.9 Å². The molecule has 1 aromatic carbocycles. The molecule has 0 bridgehead atoms. The number of rotatable bonds is 5. The quantitative estimate of drug-likeness (QED) is 0.832. The van der Waals surface area contributed by atoms with E-state index in [9.17, 15) is 9.59 Å². The molecule has 21 heavy (non-hydrogen) atoms. The third-order valence-corrected chi connectivity index (χ3v) is 3.67. The predicted molar refractivity (Wildman–Crippen MR) is 82.3 cm³/mol. The molecule has 1 amide bonds. The molecular formula is C15H16N2O3S. The zero-order valence-corrected chi connectivity index (χ0v) is 12.4. The van der Waals surface area contributed by atoms with Gasteiger partial charge in [0, 0.05) is 0 Å². The molecule has 5 nitrogen and oxygen atoms in total. The number of hydrogen-bond acceptors (Lipinski definition) is 5. The topological polar surface area (TPSA) is 81.4 Å². The fraction of sp³-hybridized carbons (Fsp3) is 0.200. The van der Waals surface area contributed by atoms with Gasteiger partial charge >= 0.3 is 5.97 Å². The van der Waals surface area contributed by atoms with Gasteiger partial charge in [-0.1, -0.05) is 30.3 Å². The molecule has 2 aromatic rings. The number of carbonyl (C=O) groups is 2. The number of amides is 1. The molecule has 1 atom stereocenters. The minimum absolute atomic E-state index is 0.283. The highest BCUT2D eigenvalue weighted by molar-refractivity contribution is 7.14. The normalized spacial score (nSPS) is 11.7. The number of hydrogen-bond donors (Lipinski definition) is 2. The van der Waals surface area contributed by atoms with Gasteiger partial charge in [0.2, 0.25) is 5.91 Å². The lowest BCUT2D eigenvalue weighted by atomic mass is 10.1. The number of carbonyl (C=O) groups excluding carboxylic acids is 2. The van der Waals surface area contributed by atoms with Gasteiger partial charge in [-0.3, -0.25) is 4.79 Å². The Morgan fingerprint density at radius 2 is 2.00 bits per heavy atom. The second-order valence-electron chi connectivity index (χ2n) is 4.26. The summed E-state index contributed by atoms with van der Waals surface area (Å²) in [5, 5.41) is 4.85. The molecule has 0 aliphatic carbocycles. The molecule has 0 fully saturated rings. The Balaban J connectivity index is 2.10. The van der Waals surface area contributed by atoms with Crippen molar-refractivity contribution in [1.29, 1.82) is 0 Å². The smallest absolute Gasteiger partial charge is 0.341 e. The molecule has 0 radical (unpaired) electrons. The molecule has 0 spiro atoms. The van der Waals surface area contributed by atoms with E-state index in [1.807, 2.05) is 18.2 Å². The first kappa shape index (κ1) is 15.2. The van der Waals surface area contributed by atoms with Gasteiger partial charge in [0.15, 0.2) is 0 Å². The molecule has 3 N–H and O–H groups in total. The summed E-state index contributed by atoms with van der Waals surface area (Å²) in [6.07, 6.45) is 0. The molecule has 0 aliphatic rings. The van der Waals surface area contributed by atoms with Gasteiger partial charge in [-0.15, -0.1) is 11.3 Å². The van der Waals surface area contributed by atoms with Gasteiger partial charge in [-0.25, -0.2) is 4.79 Å². The van der Waals surface area contributed by atoms with Crippen molar-refractivity contribution in [2.24, 2.45) is 5.73 Å². The summed E-state index contributed by atoms with van der Waals surface area (Å²) in [7, 11) is 0. The van der Waals surface area contributed by atoms with Crippen LogP contribution in [0.5, 0.6) is 0 Å². The Kier molecular flexibility index (Phi) is 5.08. The number of thiophene rings is 1. The Morgan fingerprint density at radius 1 is 1.29 bits per heavy atom. The van der Waals surface area contributed by atoms with E-state index in [0.717, 1.165) is 0 Å². The summed E-state index contributed by atoms with van der Waals surface area (Å²) < 4.78 is 4.94. The molecule has 1 heterocycles. The summed E-state index contributed by atoms with van der Waals surface area (Å²) in [5.74, 6) is -0.823. The van der Waals surface area contributed by atoms with E-state index in [1.165, 1.54) is 11.3 Å². The Morgan fingerprint density at radius 3 is 2.67 bits per heavy atom. The van der Waals surface area contributed by atoms with Crippen molar-refractivity contribution in [3.63, 3.8) is 0 Å². The van der Waals surface area contributed by atoms with Crippen LogP contribution in [0, 0.1) is 0 Å². The molecule has 110 valence electrons. The van der Waals surface area contributed by atoms with Crippen LogP contribution in [0.3, 0.4) is 0 Å². The van der Waals surface area contributed by atoms with Gasteiger partial charge in [0.05, 0.1) is 12.2 Å². The Hall–Kier alpha value is -2.18. The van der Waals surface area contributed by atoms with E-state index in [4.69, 9.17) is 10.5 Å². The molecule has 0 aliphatic heterocycles. The first-order valence-corrected chi connectivity index (χ1v) is 7.37. The van der Waals surface area contributed by atoms with E-state index in [0.29, 0.717) is 16.1 Å². The molecule has 6 heteroatoms. The average Bonchev–Trinajstić information content (AvgIpc) is 2.95. The minimum Gasteiger partial charge on any atom is -0.462 e. The lowest BCUT2D eigenvalue weighted by Crippen LogP contribution is -2.28. The highest BCUT2D eigenvalue weighted by Gasteiger charge is 2.20. The minimum atomic E-state index is -0.789. The van der Waals surface area contributed by atoms with E-state index in [1.54, 1.807) is 30.5 Å². The van der Waals surface area contributed by atoms with Crippen LogP contribution in [0.2, 0.25) is 0 Å². The number of anilines is 1. The second-order valence-corrected chi connectivity index (χ2v) is 5.18. The largest absolute Gasteiger partial charge is 0.462 e. The van der Waals surface area contributed by atoms with Crippen LogP contribution in [0.15, 0.2) is 41.8 Å². The van der Waals surface area contributed by atoms with Gasteiger partial charge in [-0.2, -0.15) is 0 Å². The zero-order valence-electron chi connectivity index (χ0n) is 11.5. The molecule has 0 saturated carbocycles. The lowest BCUT2D eigenvalue weighted by molar-refractivity contribution is -0.117. The second kappa shape index (κ2) is 7.01. The van der Waals surface area contributed by atoms with Gasteiger partial charge in [0.1, 0.15) is 11.0 Å². The fourth-order valence-corrected chi connectivity index (χ4v) is 2.56. The number of nitrogens with two attached hydrogens (primary N) is 1. The molecular weight excluding hydrogens is 288 g/mol. The van der Waals surface area contributed by atoms with Crippen molar-refractivity contribution in [3.8, 4) is 0 Å². The van der Waals surface area contributed by atoms with Crippen LogP contribution in [-0.2, 0) is 9.53 Å². The van der Waals surface area contributed by atoms with Gasteiger partial charge in [0.25, 0.3) is 0 Å². The average molecular weight is 304 g/mol. The van der Waals surface area contributed by atoms with E-state index >= 15 is 0 Å². The summed E-state index contributed by atoms with van der Waals surface area (Å²) in [6, 6.07) is 9.88. The molecule has 1 unspecified atom stereocenters. The van der Waals surface area contributed by atoms with Crippen LogP contribution < -0.4 is 11.1 Å². The van der Waals surface area contributed by atoms with Crippen molar-refractivity contribution in [1.82, 2.24) is 0 Å². The molecule has 0 saturated heterocycles. The monoisotopic (exact) mass is 304 g/mol. The van der Waals surface area contributed by atoms with E-state index < -0.39 is 12.0 Å². The molecule has 2 rings (SSSR count). The SMILES string of the molecule is CCOC(=O)c1ccsc1NC(=O)C(N)c1ccccc1.